The van der Waals surface area contributed by atoms with Crippen molar-refractivity contribution >= 4 is 21.6 Å². The predicted molar refractivity (Wildman–Crippen MR) is 65.6 cm³/mol. The molecule has 0 aliphatic heterocycles. The summed E-state index contributed by atoms with van der Waals surface area (Å²) < 4.78 is 2.31. The maximum absolute atomic E-state index is 11.9. The smallest absolute Gasteiger partial charge is 0.271 e. The van der Waals surface area contributed by atoms with Gasteiger partial charge in [-0.3, -0.25) is 9.36 Å². The van der Waals surface area contributed by atoms with Crippen molar-refractivity contribution in [1.82, 2.24) is 14.9 Å². The standard InChI is InChI=1S/C11H11N3OS/c1-2-4-12-5-6-14-8-13-9-3-7-16-10(9)11(14)15/h1,3,7-8,12H,4-6H2. The number of nitrogens with one attached hydrogen (secondary N) is 1. The Kier molecular flexibility index (Phi) is 3.34. The van der Waals surface area contributed by atoms with Crippen molar-refractivity contribution in [3.8, 4) is 12.3 Å². The van der Waals surface area contributed by atoms with Gasteiger partial charge in [0.2, 0.25) is 0 Å². The highest BCUT2D eigenvalue weighted by Gasteiger charge is 2.04. The zero-order chi connectivity index (χ0) is 11.4. The van der Waals surface area contributed by atoms with Crippen molar-refractivity contribution in [3.05, 3.63) is 28.1 Å². The van der Waals surface area contributed by atoms with Gasteiger partial charge in [-0.25, -0.2) is 4.98 Å². The van der Waals surface area contributed by atoms with Gasteiger partial charge in [0.25, 0.3) is 5.56 Å². The second kappa shape index (κ2) is 4.92. The first-order valence-corrected chi connectivity index (χ1v) is 5.77. The number of aromatic nitrogens is 2. The molecule has 0 amide bonds. The summed E-state index contributed by atoms with van der Waals surface area (Å²) in [7, 11) is 0. The molecule has 0 saturated heterocycles. The van der Waals surface area contributed by atoms with Gasteiger partial charge in [-0.1, -0.05) is 5.92 Å². The monoisotopic (exact) mass is 233 g/mol. The van der Waals surface area contributed by atoms with E-state index in [2.05, 4.69) is 16.2 Å². The molecule has 0 atom stereocenters. The molecule has 4 nitrogen and oxygen atoms in total. The van der Waals surface area contributed by atoms with Crippen LogP contribution in [0.2, 0.25) is 0 Å². The number of hydrogen-bond donors (Lipinski definition) is 1. The quantitative estimate of drug-likeness (QED) is 0.624. The van der Waals surface area contributed by atoms with E-state index in [-0.39, 0.29) is 5.56 Å². The number of thiophene rings is 1. The van der Waals surface area contributed by atoms with Crippen LogP contribution in [0.4, 0.5) is 0 Å². The van der Waals surface area contributed by atoms with E-state index in [1.54, 1.807) is 10.9 Å². The Morgan fingerprint density at radius 3 is 3.31 bits per heavy atom. The van der Waals surface area contributed by atoms with Gasteiger partial charge in [-0.2, -0.15) is 0 Å². The molecule has 1 N–H and O–H groups in total. The van der Waals surface area contributed by atoms with Crippen LogP contribution in [-0.4, -0.2) is 22.6 Å². The summed E-state index contributed by atoms with van der Waals surface area (Å²) in [6.45, 7) is 1.77. The second-order valence-electron chi connectivity index (χ2n) is 3.26. The minimum absolute atomic E-state index is 0.0162. The molecule has 5 heteroatoms. The van der Waals surface area contributed by atoms with E-state index in [1.165, 1.54) is 11.3 Å². The molecule has 0 unspecified atom stereocenters. The maximum Gasteiger partial charge on any atom is 0.271 e. The topological polar surface area (TPSA) is 46.9 Å². The van der Waals surface area contributed by atoms with Crippen molar-refractivity contribution < 1.29 is 0 Å². The maximum atomic E-state index is 11.9. The first-order chi connectivity index (χ1) is 7.83. The van der Waals surface area contributed by atoms with Crippen LogP contribution in [0.1, 0.15) is 0 Å². The van der Waals surface area contributed by atoms with E-state index >= 15 is 0 Å². The van der Waals surface area contributed by atoms with Gasteiger partial charge in [0, 0.05) is 13.1 Å². The van der Waals surface area contributed by atoms with Crippen LogP contribution in [0, 0.1) is 12.3 Å². The molecular weight excluding hydrogens is 222 g/mol. The Hall–Kier alpha value is -1.64. The van der Waals surface area contributed by atoms with Gasteiger partial charge in [-0.05, 0) is 11.4 Å². The lowest BCUT2D eigenvalue weighted by Gasteiger charge is -2.04. The molecule has 0 spiro atoms. The summed E-state index contributed by atoms with van der Waals surface area (Å²) in [5, 5.41) is 4.91. The zero-order valence-electron chi connectivity index (χ0n) is 8.64. The van der Waals surface area contributed by atoms with E-state index in [0.717, 1.165) is 5.52 Å². The SMILES string of the molecule is C#CCNCCn1cnc2ccsc2c1=O. The van der Waals surface area contributed by atoms with Crippen LogP contribution >= 0.6 is 11.3 Å². The third kappa shape index (κ3) is 2.13. The van der Waals surface area contributed by atoms with Gasteiger partial charge in [0.15, 0.2) is 0 Å². The van der Waals surface area contributed by atoms with Crippen LogP contribution in [-0.2, 0) is 6.54 Å². The van der Waals surface area contributed by atoms with Gasteiger partial charge in [0.05, 0.1) is 18.4 Å². The van der Waals surface area contributed by atoms with E-state index < -0.39 is 0 Å². The summed E-state index contributed by atoms with van der Waals surface area (Å²) in [6, 6.07) is 1.85. The van der Waals surface area contributed by atoms with Crippen LogP contribution in [0.3, 0.4) is 0 Å². The normalized spacial score (nSPS) is 10.4. The molecule has 16 heavy (non-hydrogen) atoms. The van der Waals surface area contributed by atoms with Crippen molar-refractivity contribution in [1.29, 1.82) is 0 Å². The van der Waals surface area contributed by atoms with Crippen LogP contribution in [0.25, 0.3) is 10.2 Å². The zero-order valence-corrected chi connectivity index (χ0v) is 9.46. The molecule has 0 aliphatic rings. The number of nitrogens with zero attached hydrogens (tertiary/aromatic N) is 2. The molecule has 0 saturated carbocycles. The Bertz CT molecular complexity index is 579. The third-order valence-corrected chi connectivity index (χ3v) is 3.08. The lowest BCUT2D eigenvalue weighted by molar-refractivity contribution is 0.609. The van der Waals surface area contributed by atoms with E-state index in [9.17, 15) is 4.79 Å². The Morgan fingerprint density at radius 2 is 2.50 bits per heavy atom. The predicted octanol–water partition coefficient (Wildman–Crippen LogP) is 0.681. The Morgan fingerprint density at radius 1 is 1.62 bits per heavy atom. The van der Waals surface area contributed by atoms with Crippen molar-refractivity contribution in [2.45, 2.75) is 6.54 Å². The molecule has 2 aromatic rings. The van der Waals surface area contributed by atoms with Gasteiger partial charge in [-0.15, -0.1) is 17.8 Å². The fraction of sp³-hybridized carbons (Fsp3) is 0.273. The van der Waals surface area contributed by atoms with Gasteiger partial charge < -0.3 is 5.32 Å². The summed E-state index contributed by atoms with van der Waals surface area (Å²) >= 11 is 1.42. The fourth-order valence-corrected chi connectivity index (χ4v) is 2.19. The van der Waals surface area contributed by atoms with E-state index in [1.807, 2.05) is 11.4 Å². The minimum Gasteiger partial charge on any atom is -0.304 e. The molecule has 0 bridgehead atoms. The number of hydrogen-bond acceptors (Lipinski definition) is 4. The van der Waals surface area contributed by atoms with Crippen molar-refractivity contribution in [3.63, 3.8) is 0 Å². The highest BCUT2D eigenvalue weighted by Crippen LogP contribution is 2.12. The van der Waals surface area contributed by atoms with Crippen molar-refractivity contribution in [2.24, 2.45) is 0 Å². The summed E-state index contributed by atoms with van der Waals surface area (Å²) in [6.07, 6.45) is 6.68. The first-order valence-electron chi connectivity index (χ1n) is 4.90. The summed E-state index contributed by atoms with van der Waals surface area (Å²) in [4.78, 5) is 16.1. The molecule has 0 radical (unpaired) electrons. The number of terminal acetylenes is 1. The molecular formula is C11H11N3OS. The third-order valence-electron chi connectivity index (χ3n) is 2.19. The molecule has 2 heterocycles. The molecule has 2 rings (SSSR count). The highest BCUT2D eigenvalue weighted by molar-refractivity contribution is 7.17. The lowest BCUT2D eigenvalue weighted by atomic mass is 10.4. The number of fused-ring (bicyclic) bond motifs is 1. The fourth-order valence-electron chi connectivity index (χ4n) is 1.40. The highest BCUT2D eigenvalue weighted by atomic mass is 32.1. The Labute approximate surface area is 96.9 Å². The van der Waals surface area contributed by atoms with Crippen LogP contribution in [0.5, 0.6) is 0 Å². The van der Waals surface area contributed by atoms with Crippen molar-refractivity contribution in [2.75, 3.05) is 13.1 Å². The molecule has 0 aliphatic carbocycles. The molecule has 0 fully saturated rings. The number of rotatable bonds is 4. The van der Waals surface area contributed by atoms with Crippen LogP contribution < -0.4 is 10.9 Å². The Balaban J connectivity index is 2.16. The second-order valence-corrected chi connectivity index (χ2v) is 4.18. The molecule has 0 aromatic carbocycles. The summed E-state index contributed by atoms with van der Waals surface area (Å²) in [5.41, 5.74) is 0.783. The molecule has 82 valence electrons. The average Bonchev–Trinajstić information content (AvgIpc) is 2.76. The van der Waals surface area contributed by atoms with E-state index in [0.29, 0.717) is 24.3 Å². The first kappa shape index (κ1) is 10.9. The van der Waals surface area contributed by atoms with Gasteiger partial charge in [0.1, 0.15) is 4.70 Å². The minimum atomic E-state index is 0.0162. The largest absolute Gasteiger partial charge is 0.304 e. The summed E-state index contributed by atoms with van der Waals surface area (Å²) in [5.74, 6) is 2.48. The van der Waals surface area contributed by atoms with Crippen LogP contribution in [0.15, 0.2) is 22.6 Å². The average molecular weight is 233 g/mol. The lowest BCUT2D eigenvalue weighted by Crippen LogP contribution is -2.27. The van der Waals surface area contributed by atoms with E-state index in [4.69, 9.17) is 6.42 Å². The van der Waals surface area contributed by atoms with Gasteiger partial charge >= 0.3 is 0 Å². The molecule has 2 aromatic heterocycles.